The van der Waals surface area contributed by atoms with Crippen LogP contribution in [0.3, 0.4) is 0 Å². The molecule has 0 radical (unpaired) electrons. The van der Waals surface area contributed by atoms with E-state index >= 15 is 0 Å². The number of nitrogens with zero attached hydrogens (tertiary/aromatic N) is 1. The van der Waals surface area contributed by atoms with Gasteiger partial charge < -0.3 is 10.0 Å². The van der Waals surface area contributed by atoms with Crippen LogP contribution in [0.1, 0.15) is 24.0 Å². The van der Waals surface area contributed by atoms with Gasteiger partial charge in [0.05, 0.1) is 4.90 Å². The van der Waals surface area contributed by atoms with E-state index in [-0.39, 0.29) is 10.6 Å². The second-order valence-corrected chi connectivity index (χ2v) is 8.59. The van der Waals surface area contributed by atoms with Crippen LogP contribution in [0.25, 0.3) is 0 Å². The molecule has 140 valence electrons. The number of primary sulfonamides is 1. The Morgan fingerprint density at radius 3 is 2.42 bits per heavy atom. The molecule has 1 fully saturated rings. The van der Waals surface area contributed by atoms with Crippen molar-refractivity contribution in [1.82, 2.24) is 4.90 Å². The lowest BCUT2D eigenvalue weighted by molar-refractivity contribution is 0.185. The van der Waals surface area contributed by atoms with Crippen LogP contribution in [-0.4, -0.2) is 38.1 Å². The predicted molar refractivity (Wildman–Crippen MR) is 102 cm³/mol. The predicted octanol–water partition coefficient (Wildman–Crippen LogP) is 2.54. The average Bonchev–Trinajstić information content (AvgIpc) is 2.61. The maximum Gasteiger partial charge on any atom is 0.238 e. The monoisotopic (exact) mass is 374 g/mol. The van der Waals surface area contributed by atoms with Crippen LogP contribution >= 0.6 is 0 Å². The third kappa shape index (κ3) is 5.06. The number of phenols is 1. The van der Waals surface area contributed by atoms with E-state index in [1.165, 1.54) is 23.8 Å². The molecule has 1 aliphatic rings. The van der Waals surface area contributed by atoms with Crippen LogP contribution in [0.5, 0.6) is 5.75 Å². The van der Waals surface area contributed by atoms with Gasteiger partial charge in [-0.2, -0.15) is 0 Å². The van der Waals surface area contributed by atoms with Crippen LogP contribution < -0.4 is 5.14 Å². The van der Waals surface area contributed by atoms with Gasteiger partial charge in [-0.15, -0.1) is 0 Å². The van der Waals surface area contributed by atoms with Gasteiger partial charge in [-0.05, 0) is 74.0 Å². The van der Waals surface area contributed by atoms with Gasteiger partial charge in [0, 0.05) is 6.54 Å². The molecule has 0 unspecified atom stereocenters. The van der Waals surface area contributed by atoms with Crippen molar-refractivity contribution in [2.45, 2.75) is 30.6 Å². The number of benzene rings is 2. The molecular formula is C20H26N2O3S. The van der Waals surface area contributed by atoms with E-state index in [1.54, 1.807) is 0 Å². The molecule has 5 nitrogen and oxygen atoms in total. The molecule has 3 N–H and O–H groups in total. The Hall–Kier alpha value is -1.89. The summed E-state index contributed by atoms with van der Waals surface area (Å²) in [5.74, 6) is 0.767. The summed E-state index contributed by atoms with van der Waals surface area (Å²) in [6.07, 6.45) is 3.98. The fourth-order valence-electron chi connectivity index (χ4n) is 3.68. The quantitative estimate of drug-likeness (QED) is 0.814. The largest absolute Gasteiger partial charge is 0.508 e. The topological polar surface area (TPSA) is 83.6 Å². The van der Waals surface area contributed by atoms with Gasteiger partial charge in [-0.25, -0.2) is 13.6 Å². The summed E-state index contributed by atoms with van der Waals surface area (Å²) < 4.78 is 23.4. The molecule has 26 heavy (non-hydrogen) atoms. The molecule has 0 bridgehead atoms. The molecule has 0 amide bonds. The molecule has 0 aromatic heterocycles. The molecule has 1 aliphatic heterocycles. The third-order valence-electron chi connectivity index (χ3n) is 5.12. The van der Waals surface area contributed by atoms with Gasteiger partial charge in [0.1, 0.15) is 5.75 Å². The van der Waals surface area contributed by atoms with E-state index in [4.69, 9.17) is 5.14 Å². The maximum atomic E-state index is 11.7. The molecule has 2 aromatic carbocycles. The molecule has 0 aliphatic carbocycles. The highest BCUT2D eigenvalue weighted by atomic mass is 32.2. The number of piperidine rings is 1. The highest BCUT2D eigenvalue weighted by molar-refractivity contribution is 7.89. The van der Waals surface area contributed by atoms with Crippen molar-refractivity contribution in [3.8, 4) is 5.75 Å². The summed E-state index contributed by atoms with van der Waals surface area (Å²) in [6.45, 7) is 2.80. The fourth-order valence-corrected chi connectivity index (χ4v) is 4.46. The summed E-state index contributed by atoms with van der Waals surface area (Å²) in [6, 6.07) is 14.8. The summed E-state index contributed by atoms with van der Waals surface area (Å²) in [4.78, 5) is 2.47. The average molecular weight is 375 g/mol. The lowest BCUT2D eigenvalue weighted by Crippen LogP contribution is -2.35. The smallest absolute Gasteiger partial charge is 0.238 e. The molecule has 1 saturated heterocycles. The van der Waals surface area contributed by atoms with Crippen LogP contribution in [0.4, 0.5) is 0 Å². The Labute approximate surface area is 155 Å². The van der Waals surface area contributed by atoms with E-state index in [0.29, 0.717) is 17.9 Å². The number of hydrogen-bond donors (Lipinski definition) is 2. The van der Waals surface area contributed by atoms with Crippen LogP contribution in [0, 0.1) is 5.92 Å². The number of phenolic OH excluding ortho intramolecular Hbond substituents is 1. The Bertz CT molecular complexity index is 829. The summed E-state index contributed by atoms with van der Waals surface area (Å²) in [5, 5.41) is 15.0. The first-order valence-corrected chi connectivity index (χ1v) is 10.6. The van der Waals surface area contributed by atoms with E-state index in [2.05, 4.69) is 29.2 Å². The number of nitrogens with two attached hydrogens (primary N) is 1. The molecule has 6 heteroatoms. The molecule has 0 spiro atoms. The SMILES string of the molecule is NS(=O)(=O)c1ccc(O)cc1CCN1CCC(Cc2ccccc2)CC1. The molecular weight excluding hydrogens is 348 g/mol. The Morgan fingerprint density at radius 1 is 1.08 bits per heavy atom. The first-order valence-electron chi connectivity index (χ1n) is 9.03. The number of hydrogen-bond acceptors (Lipinski definition) is 4. The fraction of sp³-hybridized carbons (Fsp3) is 0.400. The van der Waals surface area contributed by atoms with Gasteiger partial charge in [0.15, 0.2) is 0 Å². The number of rotatable bonds is 6. The van der Waals surface area contributed by atoms with Crippen molar-refractivity contribution >= 4 is 10.0 Å². The maximum absolute atomic E-state index is 11.7. The van der Waals surface area contributed by atoms with E-state index in [0.717, 1.165) is 38.9 Å². The highest BCUT2D eigenvalue weighted by Crippen LogP contribution is 2.24. The summed E-state index contributed by atoms with van der Waals surface area (Å²) >= 11 is 0. The molecule has 0 atom stereocenters. The minimum absolute atomic E-state index is 0.0639. The molecule has 2 aromatic rings. The van der Waals surface area contributed by atoms with Crippen molar-refractivity contribution in [2.75, 3.05) is 19.6 Å². The Morgan fingerprint density at radius 2 is 1.77 bits per heavy atom. The molecule has 1 heterocycles. The van der Waals surface area contributed by atoms with Gasteiger partial charge in [-0.1, -0.05) is 30.3 Å². The highest BCUT2D eigenvalue weighted by Gasteiger charge is 2.20. The normalized spacial score (nSPS) is 16.7. The number of sulfonamides is 1. The Kier molecular flexibility index (Phi) is 5.96. The standard InChI is InChI=1S/C20H26N2O3S/c21-26(24,25)20-7-6-19(23)15-18(20)10-13-22-11-8-17(9-12-22)14-16-4-2-1-3-5-16/h1-7,15,17,23H,8-14H2,(H2,21,24,25). The zero-order valence-electron chi connectivity index (χ0n) is 14.8. The van der Waals surface area contributed by atoms with Gasteiger partial charge >= 0.3 is 0 Å². The van der Waals surface area contributed by atoms with Crippen molar-refractivity contribution in [2.24, 2.45) is 11.1 Å². The first kappa shape index (κ1) is 18.9. The van der Waals surface area contributed by atoms with E-state index in [1.807, 2.05) is 6.07 Å². The van der Waals surface area contributed by atoms with Crippen molar-refractivity contribution in [3.05, 3.63) is 59.7 Å². The minimum Gasteiger partial charge on any atom is -0.508 e. The second-order valence-electron chi connectivity index (χ2n) is 7.06. The van der Waals surface area contributed by atoms with Crippen LogP contribution in [-0.2, 0) is 22.9 Å². The second kappa shape index (κ2) is 8.20. The van der Waals surface area contributed by atoms with Crippen molar-refractivity contribution < 1.29 is 13.5 Å². The molecule has 3 rings (SSSR count). The van der Waals surface area contributed by atoms with E-state index < -0.39 is 10.0 Å². The van der Waals surface area contributed by atoms with Crippen LogP contribution in [0.2, 0.25) is 0 Å². The number of aromatic hydroxyl groups is 1. The first-order chi connectivity index (χ1) is 12.4. The zero-order valence-corrected chi connectivity index (χ0v) is 15.7. The van der Waals surface area contributed by atoms with Crippen molar-refractivity contribution in [1.29, 1.82) is 0 Å². The third-order valence-corrected chi connectivity index (χ3v) is 6.13. The zero-order chi connectivity index (χ0) is 18.6. The summed E-state index contributed by atoms with van der Waals surface area (Å²) in [5.41, 5.74) is 1.97. The van der Waals surface area contributed by atoms with E-state index in [9.17, 15) is 13.5 Å². The minimum atomic E-state index is -3.78. The Balaban J connectivity index is 1.54. The van der Waals surface area contributed by atoms with Crippen molar-refractivity contribution in [3.63, 3.8) is 0 Å². The van der Waals surface area contributed by atoms with Gasteiger partial charge in [-0.3, -0.25) is 0 Å². The van der Waals surface area contributed by atoms with Gasteiger partial charge in [0.2, 0.25) is 10.0 Å². The number of likely N-dealkylation sites (tertiary alicyclic amines) is 1. The lowest BCUT2D eigenvalue weighted by Gasteiger charge is -2.32. The summed E-state index contributed by atoms with van der Waals surface area (Å²) in [7, 11) is -3.78. The lowest BCUT2D eigenvalue weighted by atomic mass is 9.90. The molecule has 0 saturated carbocycles. The van der Waals surface area contributed by atoms with Crippen LogP contribution in [0.15, 0.2) is 53.4 Å². The van der Waals surface area contributed by atoms with Gasteiger partial charge in [0.25, 0.3) is 0 Å².